The first kappa shape index (κ1) is 23.0. The van der Waals surface area contributed by atoms with E-state index in [9.17, 15) is 10.1 Å². The first-order valence-electron chi connectivity index (χ1n) is 9.02. The summed E-state index contributed by atoms with van der Waals surface area (Å²) in [5, 5.41) is 18.4. The number of nitro benzene ring substituents is 1. The Bertz CT molecular complexity index is 598. The monoisotopic (exact) mass is 492 g/mol. The first-order valence-corrected chi connectivity index (χ1v) is 10.1. The molecule has 0 spiro atoms. The number of halogens is 1. The third-order valence-electron chi connectivity index (χ3n) is 4.25. The Morgan fingerprint density at radius 1 is 1.38 bits per heavy atom. The Labute approximate surface area is 177 Å². The van der Waals surface area contributed by atoms with Gasteiger partial charge in [-0.1, -0.05) is 25.5 Å². The van der Waals surface area contributed by atoms with E-state index in [1.165, 1.54) is 37.5 Å². The highest BCUT2D eigenvalue weighted by Gasteiger charge is 2.22. The van der Waals surface area contributed by atoms with Crippen LogP contribution in [0.5, 0.6) is 0 Å². The van der Waals surface area contributed by atoms with E-state index in [1.54, 1.807) is 12.1 Å². The zero-order valence-corrected chi connectivity index (χ0v) is 18.6. The topological polar surface area (TPSA) is 79.6 Å². The number of guanidine groups is 1. The van der Waals surface area contributed by atoms with Crippen LogP contribution in [0.3, 0.4) is 0 Å². The number of benzene rings is 1. The summed E-state index contributed by atoms with van der Waals surface area (Å²) in [5.74, 6) is 1.96. The molecule has 0 bridgehead atoms. The highest BCUT2D eigenvalue weighted by Crippen LogP contribution is 2.28. The van der Waals surface area contributed by atoms with Gasteiger partial charge >= 0.3 is 0 Å². The second-order valence-electron chi connectivity index (χ2n) is 6.21. The fourth-order valence-electron chi connectivity index (χ4n) is 3.12. The van der Waals surface area contributed by atoms with Gasteiger partial charge in [0.15, 0.2) is 5.96 Å². The molecule has 146 valence electrons. The van der Waals surface area contributed by atoms with Crippen LogP contribution >= 0.6 is 35.7 Å². The van der Waals surface area contributed by atoms with Gasteiger partial charge in [0.2, 0.25) is 0 Å². The van der Waals surface area contributed by atoms with E-state index in [4.69, 9.17) is 0 Å². The van der Waals surface area contributed by atoms with Crippen LogP contribution < -0.4 is 10.6 Å². The molecule has 1 saturated carbocycles. The van der Waals surface area contributed by atoms with Gasteiger partial charge in [0.1, 0.15) is 0 Å². The number of thioether (sulfide) groups is 1. The van der Waals surface area contributed by atoms with E-state index in [0.717, 1.165) is 23.3 Å². The summed E-state index contributed by atoms with van der Waals surface area (Å²) in [5.41, 5.74) is 0.951. The predicted molar refractivity (Wildman–Crippen MR) is 121 cm³/mol. The SMILES string of the molecule is CCNC(=NCc1cccc([N+](=O)[O-])c1)NC1CCCC(SCC)C1.I. The van der Waals surface area contributed by atoms with Gasteiger partial charge in [-0.15, -0.1) is 24.0 Å². The van der Waals surface area contributed by atoms with E-state index in [1.807, 2.05) is 24.8 Å². The fraction of sp³-hybridized carbons (Fsp3) is 0.611. The van der Waals surface area contributed by atoms with Crippen LogP contribution in [0.25, 0.3) is 0 Å². The van der Waals surface area contributed by atoms with E-state index in [-0.39, 0.29) is 34.6 Å². The van der Waals surface area contributed by atoms with Crippen LogP contribution in [-0.2, 0) is 6.54 Å². The molecule has 2 unspecified atom stereocenters. The number of rotatable bonds is 7. The molecule has 0 saturated heterocycles. The molecular formula is C18H29IN4O2S. The summed E-state index contributed by atoms with van der Waals surface area (Å²) < 4.78 is 0. The van der Waals surface area contributed by atoms with Crippen molar-refractivity contribution in [1.29, 1.82) is 0 Å². The van der Waals surface area contributed by atoms with Crippen LogP contribution in [-0.4, -0.2) is 34.5 Å². The number of aliphatic imine (C=N–C) groups is 1. The van der Waals surface area contributed by atoms with Gasteiger partial charge in [-0.3, -0.25) is 10.1 Å². The van der Waals surface area contributed by atoms with Gasteiger partial charge in [-0.2, -0.15) is 11.8 Å². The molecule has 0 aliphatic heterocycles. The van der Waals surface area contributed by atoms with Crippen molar-refractivity contribution in [2.24, 2.45) is 4.99 Å². The summed E-state index contributed by atoms with van der Waals surface area (Å²) in [4.78, 5) is 15.1. The van der Waals surface area contributed by atoms with Gasteiger partial charge in [0, 0.05) is 30.0 Å². The molecule has 1 fully saturated rings. The van der Waals surface area contributed by atoms with Crippen molar-refractivity contribution in [2.75, 3.05) is 12.3 Å². The maximum atomic E-state index is 10.9. The largest absolute Gasteiger partial charge is 0.357 e. The van der Waals surface area contributed by atoms with E-state index >= 15 is 0 Å². The lowest BCUT2D eigenvalue weighted by Crippen LogP contribution is -2.45. The molecule has 0 heterocycles. The third kappa shape index (κ3) is 7.69. The zero-order valence-electron chi connectivity index (χ0n) is 15.4. The molecule has 1 aliphatic carbocycles. The Hall–Kier alpha value is -1.03. The minimum absolute atomic E-state index is 0. The number of hydrogen-bond acceptors (Lipinski definition) is 4. The Morgan fingerprint density at radius 2 is 2.19 bits per heavy atom. The predicted octanol–water partition coefficient (Wildman–Crippen LogP) is 4.33. The normalized spacial score (nSPS) is 20.2. The van der Waals surface area contributed by atoms with Crippen molar-refractivity contribution >= 4 is 47.4 Å². The molecule has 1 aliphatic rings. The Balaban J connectivity index is 0.00000338. The van der Waals surface area contributed by atoms with Gasteiger partial charge in [-0.05, 0) is 37.5 Å². The summed E-state index contributed by atoms with van der Waals surface area (Å²) >= 11 is 2.05. The third-order valence-corrected chi connectivity index (χ3v) is 5.49. The smallest absolute Gasteiger partial charge is 0.269 e. The lowest BCUT2D eigenvalue weighted by Gasteiger charge is -2.30. The average molecular weight is 492 g/mol. The van der Waals surface area contributed by atoms with Crippen LogP contribution in [0.15, 0.2) is 29.3 Å². The maximum Gasteiger partial charge on any atom is 0.269 e. The molecule has 1 aromatic carbocycles. The second kappa shape index (κ2) is 12.4. The molecular weight excluding hydrogens is 463 g/mol. The van der Waals surface area contributed by atoms with Gasteiger partial charge < -0.3 is 10.6 Å². The van der Waals surface area contributed by atoms with Gasteiger partial charge in [0.05, 0.1) is 11.5 Å². The summed E-state index contributed by atoms with van der Waals surface area (Å²) in [6, 6.07) is 7.11. The molecule has 1 aromatic rings. The zero-order chi connectivity index (χ0) is 18.1. The summed E-state index contributed by atoms with van der Waals surface area (Å²) in [6.07, 6.45) is 4.89. The molecule has 0 radical (unpaired) electrons. The maximum absolute atomic E-state index is 10.9. The number of nitrogens with one attached hydrogen (secondary N) is 2. The molecule has 2 atom stereocenters. The van der Waals surface area contributed by atoms with Crippen molar-refractivity contribution in [1.82, 2.24) is 10.6 Å². The lowest BCUT2D eigenvalue weighted by atomic mass is 9.95. The van der Waals surface area contributed by atoms with E-state index in [2.05, 4.69) is 22.5 Å². The fourth-order valence-corrected chi connectivity index (χ4v) is 4.29. The standard InChI is InChI=1S/C18H28N4O2S.HI/c1-3-19-18(21-15-8-6-10-17(12-15)25-4-2)20-13-14-7-5-9-16(11-14)22(23)24;/h5,7,9,11,15,17H,3-4,6,8,10,12-13H2,1-2H3,(H2,19,20,21);1H. The van der Waals surface area contributed by atoms with Crippen molar-refractivity contribution in [3.8, 4) is 0 Å². The molecule has 0 amide bonds. The van der Waals surface area contributed by atoms with Crippen molar-refractivity contribution in [2.45, 2.75) is 57.4 Å². The number of nitrogens with zero attached hydrogens (tertiary/aromatic N) is 2. The molecule has 26 heavy (non-hydrogen) atoms. The highest BCUT2D eigenvalue weighted by atomic mass is 127. The molecule has 2 rings (SSSR count). The average Bonchev–Trinajstić information content (AvgIpc) is 2.61. The number of hydrogen-bond donors (Lipinski definition) is 2. The van der Waals surface area contributed by atoms with Crippen molar-refractivity contribution in [3.63, 3.8) is 0 Å². The minimum atomic E-state index is -0.371. The first-order chi connectivity index (χ1) is 12.1. The minimum Gasteiger partial charge on any atom is -0.357 e. The summed E-state index contributed by atoms with van der Waals surface area (Å²) in [7, 11) is 0. The number of non-ortho nitro benzene ring substituents is 1. The van der Waals surface area contributed by atoms with Gasteiger partial charge in [0.25, 0.3) is 5.69 Å². The molecule has 2 N–H and O–H groups in total. The Kier molecular flexibility index (Phi) is 11.0. The Morgan fingerprint density at radius 3 is 2.88 bits per heavy atom. The van der Waals surface area contributed by atoms with Crippen LogP contribution in [0.4, 0.5) is 5.69 Å². The van der Waals surface area contributed by atoms with E-state index < -0.39 is 0 Å². The second-order valence-corrected chi connectivity index (χ2v) is 7.78. The summed E-state index contributed by atoms with van der Waals surface area (Å²) in [6.45, 7) is 5.48. The van der Waals surface area contributed by atoms with Crippen LogP contribution in [0.2, 0.25) is 0 Å². The number of nitro groups is 1. The highest BCUT2D eigenvalue weighted by molar-refractivity contribution is 14.0. The van der Waals surface area contributed by atoms with Gasteiger partial charge in [-0.25, -0.2) is 4.99 Å². The molecule has 0 aromatic heterocycles. The van der Waals surface area contributed by atoms with Crippen LogP contribution in [0.1, 0.15) is 45.1 Å². The van der Waals surface area contributed by atoms with Crippen LogP contribution in [0, 0.1) is 10.1 Å². The quantitative estimate of drug-likeness (QED) is 0.195. The molecule has 6 nitrogen and oxygen atoms in total. The van der Waals surface area contributed by atoms with Crippen molar-refractivity contribution < 1.29 is 4.92 Å². The van der Waals surface area contributed by atoms with Crippen molar-refractivity contribution in [3.05, 3.63) is 39.9 Å². The molecule has 8 heteroatoms. The lowest BCUT2D eigenvalue weighted by molar-refractivity contribution is -0.384. The van der Waals surface area contributed by atoms with E-state index in [0.29, 0.717) is 12.6 Å².